The average molecular weight is 247 g/mol. The normalized spacial score (nSPS) is 11.1. The molecular weight excluding hydrogens is 226 g/mol. The van der Waals surface area contributed by atoms with Crippen molar-refractivity contribution in [2.45, 2.75) is 33.4 Å². The quantitative estimate of drug-likeness (QED) is 0.786. The van der Waals surface area contributed by atoms with Crippen LogP contribution in [0.2, 0.25) is 0 Å². The van der Waals surface area contributed by atoms with Crippen LogP contribution in [0, 0.1) is 6.92 Å². The average Bonchev–Trinajstić information content (AvgIpc) is 2.87. The van der Waals surface area contributed by atoms with E-state index in [9.17, 15) is 0 Å². The largest absolute Gasteiger partial charge is 0.313 e. The van der Waals surface area contributed by atoms with E-state index in [1.165, 1.54) is 11.1 Å². The van der Waals surface area contributed by atoms with Gasteiger partial charge < -0.3 is 5.32 Å². The Hall–Kier alpha value is -1.62. The molecule has 0 spiro atoms. The van der Waals surface area contributed by atoms with Crippen molar-refractivity contribution in [2.24, 2.45) is 7.05 Å². The summed E-state index contributed by atoms with van der Waals surface area (Å²) in [6.45, 7) is 6.96. The van der Waals surface area contributed by atoms with Crippen molar-refractivity contribution in [3.05, 3.63) is 35.4 Å². The van der Waals surface area contributed by atoms with E-state index in [-0.39, 0.29) is 0 Å². The van der Waals surface area contributed by atoms with Crippen molar-refractivity contribution in [3.8, 4) is 0 Å². The summed E-state index contributed by atoms with van der Waals surface area (Å²) in [7, 11) is 1.93. The second kappa shape index (κ2) is 5.82. The highest BCUT2D eigenvalue weighted by Crippen LogP contribution is 2.07. The van der Waals surface area contributed by atoms with Gasteiger partial charge in [0, 0.05) is 37.1 Å². The first-order valence-corrected chi connectivity index (χ1v) is 6.40. The number of hydrogen-bond acceptors (Lipinski definition) is 3. The van der Waals surface area contributed by atoms with Gasteiger partial charge in [-0.2, -0.15) is 10.2 Å². The molecule has 0 fully saturated rings. The minimum Gasteiger partial charge on any atom is -0.313 e. The standard InChI is InChI=1S/C13H21N5/c1-4-5-14-7-13-10-18(16-11(13)2)9-12-6-15-17(3)8-12/h6,8,10,14H,4-5,7,9H2,1-3H3. The van der Waals surface area contributed by atoms with Crippen LogP contribution in [0.1, 0.15) is 30.2 Å². The second-order valence-corrected chi connectivity index (χ2v) is 4.64. The number of aryl methyl sites for hydroxylation is 2. The molecule has 0 saturated heterocycles. The summed E-state index contributed by atoms with van der Waals surface area (Å²) in [5.74, 6) is 0. The molecule has 0 amide bonds. The molecular formula is C13H21N5. The molecule has 0 aliphatic rings. The molecule has 2 aromatic heterocycles. The van der Waals surface area contributed by atoms with Crippen molar-refractivity contribution in [3.63, 3.8) is 0 Å². The van der Waals surface area contributed by atoms with E-state index in [0.29, 0.717) is 0 Å². The van der Waals surface area contributed by atoms with Gasteiger partial charge in [-0.15, -0.1) is 0 Å². The van der Waals surface area contributed by atoms with Crippen LogP contribution in [-0.2, 0) is 20.1 Å². The van der Waals surface area contributed by atoms with E-state index >= 15 is 0 Å². The van der Waals surface area contributed by atoms with Gasteiger partial charge >= 0.3 is 0 Å². The van der Waals surface area contributed by atoms with Crippen LogP contribution in [0.15, 0.2) is 18.6 Å². The maximum atomic E-state index is 4.53. The van der Waals surface area contributed by atoms with Crippen LogP contribution in [0.4, 0.5) is 0 Å². The molecule has 2 rings (SSSR count). The summed E-state index contributed by atoms with van der Waals surface area (Å²) in [5.41, 5.74) is 3.54. The molecule has 2 aromatic rings. The maximum absolute atomic E-state index is 4.53. The van der Waals surface area contributed by atoms with E-state index < -0.39 is 0 Å². The van der Waals surface area contributed by atoms with Gasteiger partial charge in [0.15, 0.2) is 0 Å². The van der Waals surface area contributed by atoms with Crippen molar-refractivity contribution in [1.29, 1.82) is 0 Å². The third-order valence-corrected chi connectivity index (χ3v) is 2.89. The molecule has 1 N–H and O–H groups in total. The SMILES string of the molecule is CCCNCc1cn(Cc2cnn(C)c2)nc1C. The van der Waals surface area contributed by atoms with Gasteiger partial charge in [0.05, 0.1) is 18.4 Å². The fourth-order valence-corrected chi connectivity index (χ4v) is 1.95. The van der Waals surface area contributed by atoms with Crippen molar-refractivity contribution >= 4 is 0 Å². The maximum Gasteiger partial charge on any atom is 0.0690 e. The number of aromatic nitrogens is 4. The van der Waals surface area contributed by atoms with E-state index in [0.717, 1.165) is 31.7 Å². The lowest BCUT2D eigenvalue weighted by molar-refractivity contribution is 0.668. The number of nitrogens with one attached hydrogen (secondary N) is 1. The van der Waals surface area contributed by atoms with E-state index in [1.807, 2.05) is 28.8 Å². The van der Waals surface area contributed by atoms with E-state index in [2.05, 4.69) is 35.6 Å². The predicted octanol–water partition coefficient (Wildman–Crippen LogP) is 1.47. The summed E-state index contributed by atoms with van der Waals surface area (Å²) >= 11 is 0. The Morgan fingerprint density at radius 2 is 2.17 bits per heavy atom. The summed E-state index contributed by atoms with van der Waals surface area (Å²) in [5, 5.41) is 12.1. The third-order valence-electron chi connectivity index (χ3n) is 2.89. The lowest BCUT2D eigenvalue weighted by Crippen LogP contribution is -2.13. The Balaban J connectivity index is 1.99. The molecule has 0 unspecified atom stereocenters. The zero-order chi connectivity index (χ0) is 13.0. The zero-order valence-corrected chi connectivity index (χ0v) is 11.3. The minimum atomic E-state index is 0.780. The highest BCUT2D eigenvalue weighted by Gasteiger charge is 2.05. The van der Waals surface area contributed by atoms with Crippen LogP contribution < -0.4 is 5.32 Å². The smallest absolute Gasteiger partial charge is 0.0690 e. The molecule has 5 heteroatoms. The van der Waals surface area contributed by atoms with Gasteiger partial charge in [-0.1, -0.05) is 6.92 Å². The molecule has 0 bridgehead atoms. The van der Waals surface area contributed by atoms with Crippen LogP contribution in [0.25, 0.3) is 0 Å². The zero-order valence-electron chi connectivity index (χ0n) is 11.3. The van der Waals surface area contributed by atoms with E-state index in [4.69, 9.17) is 0 Å². The summed E-state index contributed by atoms with van der Waals surface area (Å²) in [4.78, 5) is 0. The topological polar surface area (TPSA) is 47.7 Å². The second-order valence-electron chi connectivity index (χ2n) is 4.64. The Morgan fingerprint density at radius 1 is 1.33 bits per heavy atom. The fourth-order valence-electron chi connectivity index (χ4n) is 1.95. The summed E-state index contributed by atoms with van der Waals surface area (Å²) < 4.78 is 3.80. The number of nitrogens with zero attached hydrogens (tertiary/aromatic N) is 4. The molecule has 0 saturated carbocycles. The van der Waals surface area contributed by atoms with Gasteiger partial charge in [-0.25, -0.2) is 0 Å². The first-order valence-electron chi connectivity index (χ1n) is 6.40. The first kappa shape index (κ1) is 12.8. The lowest BCUT2D eigenvalue weighted by Gasteiger charge is -2.00. The molecule has 2 heterocycles. The highest BCUT2D eigenvalue weighted by molar-refractivity contribution is 5.16. The molecule has 0 aliphatic carbocycles. The van der Waals surface area contributed by atoms with Gasteiger partial charge in [-0.05, 0) is 19.9 Å². The summed E-state index contributed by atoms with van der Waals surface area (Å²) in [6.07, 6.45) is 7.17. The fraction of sp³-hybridized carbons (Fsp3) is 0.538. The van der Waals surface area contributed by atoms with E-state index in [1.54, 1.807) is 0 Å². The Morgan fingerprint density at radius 3 is 2.83 bits per heavy atom. The molecule has 0 aliphatic heterocycles. The van der Waals surface area contributed by atoms with Crippen LogP contribution in [0.5, 0.6) is 0 Å². The third kappa shape index (κ3) is 3.20. The van der Waals surface area contributed by atoms with Crippen molar-refractivity contribution in [1.82, 2.24) is 24.9 Å². The molecule has 18 heavy (non-hydrogen) atoms. The van der Waals surface area contributed by atoms with Gasteiger partial charge in [0.1, 0.15) is 0 Å². The minimum absolute atomic E-state index is 0.780. The highest BCUT2D eigenvalue weighted by atomic mass is 15.3. The van der Waals surface area contributed by atoms with Crippen LogP contribution in [-0.4, -0.2) is 26.1 Å². The molecule has 0 aromatic carbocycles. The molecule has 0 radical (unpaired) electrons. The van der Waals surface area contributed by atoms with Crippen LogP contribution >= 0.6 is 0 Å². The van der Waals surface area contributed by atoms with Crippen molar-refractivity contribution in [2.75, 3.05) is 6.54 Å². The summed E-state index contributed by atoms with van der Waals surface area (Å²) in [6, 6.07) is 0. The molecule has 5 nitrogen and oxygen atoms in total. The van der Waals surface area contributed by atoms with Gasteiger partial charge in [0.2, 0.25) is 0 Å². The predicted molar refractivity (Wildman–Crippen MR) is 71.3 cm³/mol. The Kier molecular flexibility index (Phi) is 4.15. The number of hydrogen-bond donors (Lipinski definition) is 1. The van der Waals surface area contributed by atoms with Gasteiger partial charge in [0.25, 0.3) is 0 Å². The lowest BCUT2D eigenvalue weighted by atomic mass is 10.2. The first-order chi connectivity index (χ1) is 8.69. The number of rotatable bonds is 6. The Labute approximate surface area is 108 Å². The van der Waals surface area contributed by atoms with Crippen LogP contribution in [0.3, 0.4) is 0 Å². The molecule has 98 valence electrons. The Bertz CT molecular complexity index is 497. The van der Waals surface area contributed by atoms with Crippen molar-refractivity contribution < 1.29 is 0 Å². The monoisotopic (exact) mass is 247 g/mol. The molecule has 0 atom stereocenters. The van der Waals surface area contributed by atoms with Gasteiger partial charge in [-0.3, -0.25) is 9.36 Å².